The van der Waals surface area contributed by atoms with Crippen LogP contribution in [0.1, 0.15) is 33.8 Å². The summed E-state index contributed by atoms with van der Waals surface area (Å²) in [5.74, 6) is -0.0758. The monoisotopic (exact) mass is 297 g/mol. The molecule has 0 spiro atoms. The molecule has 0 aliphatic carbocycles. The van der Waals surface area contributed by atoms with Crippen LogP contribution in [0.4, 0.5) is 0 Å². The van der Waals surface area contributed by atoms with Crippen LogP contribution in [0.2, 0.25) is 0 Å². The van der Waals surface area contributed by atoms with E-state index in [1.165, 1.54) is 12.7 Å². The molecule has 0 saturated heterocycles. The van der Waals surface area contributed by atoms with Crippen molar-refractivity contribution in [2.45, 2.75) is 12.8 Å². The minimum atomic E-state index is -0.317. The predicted molar refractivity (Wildman–Crippen MR) is 84.9 cm³/mol. The van der Waals surface area contributed by atoms with E-state index in [-0.39, 0.29) is 11.9 Å². The molecule has 3 aromatic rings. The number of rotatable bonds is 3. The van der Waals surface area contributed by atoms with E-state index < -0.39 is 0 Å². The summed E-state index contributed by atoms with van der Waals surface area (Å²) in [7, 11) is 1.39. The molecular weight excluding hydrogens is 282 g/mol. The van der Waals surface area contributed by atoms with Crippen molar-refractivity contribution >= 4 is 27.5 Å². The zero-order valence-electron chi connectivity index (χ0n) is 11.9. The fraction of sp³-hybridized carbons (Fsp3) is 0.176. The molecule has 4 heteroatoms. The predicted octanol–water partition coefficient (Wildman–Crippen LogP) is 4.23. The van der Waals surface area contributed by atoms with Crippen LogP contribution in [0, 0.1) is 0 Å². The van der Waals surface area contributed by atoms with Crippen molar-refractivity contribution in [1.82, 2.24) is 4.98 Å². The zero-order valence-corrected chi connectivity index (χ0v) is 12.7. The molecule has 0 fully saturated rings. The van der Waals surface area contributed by atoms with Gasteiger partial charge in [-0.25, -0.2) is 9.78 Å². The van der Waals surface area contributed by atoms with E-state index in [4.69, 9.17) is 4.74 Å². The molecule has 0 unspecified atom stereocenters. The largest absolute Gasteiger partial charge is 0.465 e. The maximum absolute atomic E-state index is 11.6. The SMILES string of the molecule is COC(=O)c1ccc2nc([C@@H](C)c3ccccc3)sc2c1. The maximum atomic E-state index is 11.6. The normalized spacial score (nSPS) is 12.3. The van der Waals surface area contributed by atoms with Gasteiger partial charge in [-0.05, 0) is 23.8 Å². The van der Waals surface area contributed by atoms with Crippen molar-refractivity contribution in [3.05, 3.63) is 64.7 Å². The molecule has 106 valence electrons. The van der Waals surface area contributed by atoms with Crippen molar-refractivity contribution in [2.75, 3.05) is 7.11 Å². The van der Waals surface area contributed by atoms with Gasteiger partial charge in [0.05, 0.1) is 22.9 Å². The number of nitrogens with zero attached hydrogens (tertiary/aromatic N) is 1. The van der Waals surface area contributed by atoms with Crippen LogP contribution in [-0.2, 0) is 4.74 Å². The van der Waals surface area contributed by atoms with Crippen molar-refractivity contribution in [1.29, 1.82) is 0 Å². The van der Waals surface area contributed by atoms with E-state index >= 15 is 0 Å². The number of ether oxygens (including phenoxy) is 1. The number of carbonyl (C=O) groups excluding carboxylic acids is 1. The molecule has 3 nitrogen and oxygen atoms in total. The molecule has 1 atom stereocenters. The minimum Gasteiger partial charge on any atom is -0.465 e. The molecular formula is C17H15NO2S. The van der Waals surface area contributed by atoms with Crippen LogP contribution in [0.5, 0.6) is 0 Å². The van der Waals surface area contributed by atoms with Crippen molar-refractivity contribution in [2.24, 2.45) is 0 Å². The highest BCUT2D eigenvalue weighted by molar-refractivity contribution is 7.18. The van der Waals surface area contributed by atoms with Gasteiger partial charge in [-0.15, -0.1) is 11.3 Å². The fourth-order valence-electron chi connectivity index (χ4n) is 2.26. The van der Waals surface area contributed by atoms with Crippen LogP contribution in [0.15, 0.2) is 48.5 Å². The van der Waals surface area contributed by atoms with Gasteiger partial charge in [0, 0.05) is 5.92 Å². The Labute approximate surface area is 127 Å². The van der Waals surface area contributed by atoms with Crippen molar-refractivity contribution < 1.29 is 9.53 Å². The standard InChI is InChI=1S/C17H15NO2S/c1-11(12-6-4-3-5-7-12)16-18-14-9-8-13(17(19)20-2)10-15(14)21-16/h3-11H,1-2H3/t11-/m0/s1. The van der Waals surface area contributed by atoms with E-state index in [1.807, 2.05) is 30.3 Å². The number of esters is 1. The number of hydrogen-bond donors (Lipinski definition) is 0. The molecule has 0 saturated carbocycles. The third kappa shape index (κ3) is 2.67. The van der Waals surface area contributed by atoms with E-state index in [9.17, 15) is 4.79 Å². The van der Waals surface area contributed by atoms with Gasteiger partial charge in [-0.1, -0.05) is 37.3 Å². The number of thiazole rings is 1. The smallest absolute Gasteiger partial charge is 0.337 e. The average Bonchev–Trinajstić information content (AvgIpc) is 2.97. The van der Waals surface area contributed by atoms with Gasteiger partial charge in [0.2, 0.25) is 0 Å². The summed E-state index contributed by atoms with van der Waals surface area (Å²) in [6.07, 6.45) is 0. The number of aromatic nitrogens is 1. The second kappa shape index (κ2) is 5.66. The number of methoxy groups -OCH3 is 1. The molecule has 0 bridgehead atoms. The Hall–Kier alpha value is -2.20. The molecule has 21 heavy (non-hydrogen) atoms. The number of hydrogen-bond acceptors (Lipinski definition) is 4. The molecule has 0 aliphatic rings. The molecule has 3 rings (SSSR count). The summed E-state index contributed by atoms with van der Waals surface area (Å²) < 4.78 is 5.76. The number of carbonyl (C=O) groups is 1. The molecule has 0 aliphatic heterocycles. The zero-order chi connectivity index (χ0) is 14.8. The molecule has 0 amide bonds. The van der Waals surface area contributed by atoms with Gasteiger partial charge in [0.15, 0.2) is 0 Å². The third-order valence-electron chi connectivity index (χ3n) is 3.50. The Kier molecular flexibility index (Phi) is 3.71. The first-order chi connectivity index (χ1) is 10.2. The first-order valence-electron chi connectivity index (χ1n) is 6.73. The lowest BCUT2D eigenvalue weighted by Crippen LogP contribution is -1.99. The van der Waals surface area contributed by atoms with Crippen LogP contribution >= 0.6 is 11.3 Å². The molecule has 0 radical (unpaired) electrons. The van der Waals surface area contributed by atoms with Gasteiger partial charge in [-0.2, -0.15) is 0 Å². The maximum Gasteiger partial charge on any atom is 0.337 e. The highest BCUT2D eigenvalue weighted by Gasteiger charge is 2.15. The number of benzene rings is 2. The Bertz CT molecular complexity index is 780. The highest BCUT2D eigenvalue weighted by atomic mass is 32.1. The Balaban J connectivity index is 1.99. The van der Waals surface area contributed by atoms with Crippen LogP contribution < -0.4 is 0 Å². The van der Waals surface area contributed by atoms with E-state index in [0.29, 0.717) is 5.56 Å². The first kappa shape index (κ1) is 13.8. The van der Waals surface area contributed by atoms with Gasteiger partial charge < -0.3 is 4.74 Å². The van der Waals surface area contributed by atoms with E-state index in [2.05, 4.69) is 24.0 Å². The van der Waals surface area contributed by atoms with Gasteiger partial charge in [0.1, 0.15) is 5.01 Å². The summed E-state index contributed by atoms with van der Waals surface area (Å²) in [6.45, 7) is 2.15. The Morgan fingerprint density at radius 2 is 1.95 bits per heavy atom. The van der Waals surface area contributed by atoms with Gasteiger partial charge in [-0.3, -0.25) is 0 Å². The lowest BCUT2D eigenvalue weighted by atomic mass is 10.0. The summed E-state index contributed by atoms with van der Waals surface area (Å²) in [5.41, 5.74) is 2.72. The molecule has 2 aromatic carbocycles. The average molecular weight is 297 g/mol. The second-order valence-corrected chi connectivity index (χ2v) is 5.92. The van der Waals surface area contributed by atoms with Crippen LogP contribution in [-0.4, -0.2) is 18.1 Å². The van der Waals surface area contributed by atoms with Gasteiger partial charge in [0.25, 0.3) is 0 Å². The second-order valence-electron chi connectivity index (χ2n) is 4.86. The summed E-state index contributed by atoms with van der Waals surface area (Å²) in [6, 6.07) is 15.8. The quantitative estimate of drug-likeness (QED) is 0.679. The van der Waals surface area contributed by atoms with Crippen molar-refractivity contribution in [3.8, 4) is 0 Å². The lowest BCUT2D eigenvalue weighted by Gasteiger charge is -2.07. The molecule has 1 heterocycles. The van der Waals surface area contributed by atoms with E-state index in [1.54, 1.807) is 17.4 Å². The topological polar surface area (TPSA) is 39.2 Å². The summed E-state index contributed by atoms with van der Waals surface area (Å²) >= 11 is 1.62. The molecule has 0 N–H and O–H groups in total. The van der Waals surface area contributed by atoms with Crippen LogP contribution in [0.25, 0.3) is 10.2 Å². The summed E-state index contributed by atoms with van der Waals surface area (Å²) in [5, 5.41) is 1.05. The Morgan fingerprint density at radius 1 is 1.19 bits per heavy atom. The minimum absolute atomic E-state index is 0.241. The van der Waals surface area contributed by atoms with Crippen LogP contribution in [0.3, 0.4) is 0 Å². The highest BCUT2D eigenvalue weighted by Crippen LogP contribution is 2.31. The third-order valence-corrected chi connectivity index (χ3v) is 4.70. The van der Waals surface area contributed by atoms with E-state index in [0.717, 1.165) is 15.2 Å². The first-order valence-corrected chi connectivity index (χ1v) is 7.54. The fourth-order valence-corrected chi connectivity index (χ4v) is 3.34. The Morgan fingerprint density at radius 3 is 2.67 bits per heavy atom. The van der Waals surface area contributed by atoms with Gasteiger partial charge >= 0.3 is 5.97 Å². The lowest BCUT2D eigenvalue weighted by molar-refractivity contribution is 0.0601. The summed E-state index contributed by atoms with van der Waals surface area (Å²) in [4.78, 5) is 16.3. The van der Waals surface area contributed by atoms with Crippen molar-refractivity contribution in [3.63, 3.8) is 0 Å². The number of fused-ring (bicyclic) bond motifs is 1. The molecule has 1 aromatic heterocycles.